The van der Waals surface area contributed by atoms with Crippen molar-refractivity contribution in [1.82, 2.24) is 4.90 Å². The third-order valence-electron chi connectivity index (χ3n) is 1.43. The van der Waals surface area contributed by atoms with Gasteiger partial charge >= 0.3 is 0 Å². The predicted molar refractivity (Wildman–Crippen MR) is 35.7 cm³/mol. The van der Waals surface area contributed by atoms with Crippen LogP contribution >= 0.6 is 0 Å². The van der Waals surface area contributed by atoms with Gasteiger partial charge in [-0.15, -0.1) is 0 Å². The molecule has 0 aliphatic rings. The highest BCUT2D eigenvalue weighted by Gasteiger charge is 2.29. The summed E-state index contributed by atoms with van der Waals surface area (Å²) < 4.78 is 0. The molecule has 0 saturated carbocycles. The average molecular weight is 133 g/mol. The van der Waals surface area contributed by atoms with Gasteiger partial charge in [0.15, 0.2) is 0 Å². The summed E-state index contributed by atoms with van der Waals surface area (Å²) in [4.78, 5) is 1.37. The zero-order chi connectivity index (χ0) is 7.65. The van der Waals surface area contributed by atoms with Gasteiger partial charge in [0, 0.05) is 5.92 Å². The Bertz CT molecular complexity index is 79.1. The third-order valence-corrected chi connectivity index (χ3v) is 1.43. The topological polar surface area (TPSA) is 43.7 Å². The van der Waals surface area contributed by atoms with Crippen molar-refractivity contribution >= 4 is 0 Å². The summed E-state index contributed by atoms with van der Waals surface area (Å²) in [5, 5.41) is 18.3. The minimum Gasteiger partial charge on any atom is -0.353 e. The lowest BCUT2D eigenvalue weighted by Gasteiger charge is -2.32. The van der Waals surface area contributed by atoms with Gasteiger partial charge in [-0.1, -0.05) is 13.8 Å². The van der Waals surface area contributed by atoms with Crippen molar-refractivity contribution in [2.75, 3.05) is 14.1 Å². The Kier molecular flexibility index (Phi) is 2.61. The predicted octanol–water partition coefficient (Wildman–Crippen LogP) is -0.158. The average Bonchev–Trinajstić information content (AvgIpc) is 1.65. The molecule has 0 aromatic rings. The second-order valence-corrected chi connectivity index (χ2v) is 2.74. The molecule has 0 aromatic heterocycles. The number of hydrogen-bond donors (Lipinski definition) is 2. The van der Waals surface area contributed by atoms with E-state index in [1.807, 2.05) is 0 Å². The van der Waals surface area contributed by atoms with Crippen molar-refractivity contribution in [3.05, 3.63) is 0 Å². The molecule has 2 N–H and O–H groups in total. The molecule has 9 heavy (non-hydrogen) atoms. The summed E-state index contributed by atoms with van der Waals surface area (Å²) >= 11 is 0. The van der Waals surface area contributed by atoms with Crippen molar-refractivity contribution < 1.29 is 10.2 Å². The Morgan fingerprint density at radius 3 is 1.56 bits per heavy atom. The maximum Gasteiger partial charge on any atom is 0.226 e. The number of hydrogen-bond acceptors (Lipinski definition) is 3. The SMILES string of the molecule is CC(C)C(O)(O)N(C)C. The van der Waals surface area contributed by atoms with E-state index in [9.17, 15) is 0 Å². The van der Waals surface area contributed by atoms with E-state index < -0.39 is 5.91 Å². The number of aliphatic hydroxyl groups is 2. The molecule has 0 aliphatic carbocycles. The van der Waals surface area contributed by atoms with Crippen molar-refractivity contribution in [3.63, 3.8) is 0 Å². The van der Waals surface area contributed by atoms with Gasteiger partial charge in [-0.05, 0) is 14.1 Å². The molecule has 0 fully saturated rings. The lowest BCUT2D eigenvalue weighted by Crippen LogP contribution is -2.48. The third kappa shape index (κ3) is 1.93. The maximum absolute atomic E-state index is 9.15. The summed E-state index contributed by atoms with van der Waals surface area (Å²) in [6.07, 6.45) is 0. The molecule has 0 heterocycles. The first kappa shape index (κ1) is 8.88. The highest BCUT2D eigenvalue weighted by atomic mass is 16.5. The molecule has 56 valence electrons. The van der Waals surface area contributed by atoms with Gasteiger partial charge in [0.2, 0.25) is 5.91 Å². The summed E-state index contributed by atoms with van der Waals surface area (Å²) in [6.45, 7) is 3.50. The van der Waals surface area contributed by atoms with Crippen molar-refractivity contribution in [1.29, 1.82) is 0 Å². The van der Waals surface area contributed by atoms with E-state index in [2.05, 4.69) is 0 Å². The lowest BCUT2D eigenvalue weighted by molar-refractivity contribution is -0.275. The molecular formula is C6H15NO2. The summed E-state index contributed by atoms with van der Waals surface area (Å²) in [5.74, 6) is -1.84. The van der Waals surface area contributed by atoms with Crippen LogP contribution in [0.2, 0.25) is 0 Å². The zero-order valence-electron chi connectivity index (χ0n) is 6.42. The molecule has 0 spiro atoms. The Labute approximate surface area is 55.9 Å². The maximum atomic E-state index is 9.15. The van der Waals surface area contributed by atoms with Crippen LogP contribution in [0.1, 0.15) is 13.8 Å². The van der Waals surface area contributed by atoms with Crippen molar-refractivity contribution in [2.24, 2.45) is 5.92 Å². The van der Waals surface area contributed by atoms with Gasteiger partial charge in [-0.2, -0.15) is 0 Å². The monoisotopic (exact) mass is 133 g/mol. The van der Waals surface area contributed by atoms with E-state index >= 15 is 0 Å². The molecule has 3 heteroatoms. The van der Waals surface area contributed by atoms with Crippen LogP contribution in [0.4, 0.5) is 0 Å². The van der Waals surface area contributed by atoms with Crippen LogP contribution in [0.25, 0.3) is 0 Å². The van der Waals surface area contributed by atoms with Crippen LogP contribution in [-0.2, 0) is 0 Å². The van der Waals surface area contributed by atoms with Crippen molar-refractivity contribution in [3.8, 4) is 0 Å². The van der Waals surface area contributed by atoms with Gasteiger partial charge in [-0.25, -0.2) is 0 Å². The molecule has 0 unspecified atom stereocenters. The van der Waals surface area contributed by atoms with Gasteiger partial charge in [-0.3, -0.25) is 4.90 Å². The number of nitrogens with zero attached hydrogens (tertiary/aromatic N) is 1. The molecule has 3 nitrogen and oxygen atoms in total. The molecule has 0 aliphatic heterocycles. The highest BCUT2D eigenvalue weighted by Crippen LogP contribution is 2.14. The molecule has 0 atom stereocenters. The van der Waals surface area contributed by atoms with Crippen molar-refractivity contribution in [2.45, 2.75) is 19.8 Å². The van der Waals surface area contributed by atoms with Crippen LogP contribution < -0.4 is 0 Å². The van der Waals surface area contributed by atoms with Gasteiger partial charge in [0.1, 0.15) is 0 Å². The lowest BCUT2D eigenvalue weighted by atomic mass is 10.1. The fourth-order valence-corrected chi connectivity index (χ4v) is 0.516. The summed E-state index contributed by atoms with van der Waals surface area (Å²) in [7, 11) is 3.25. The second kappa shape index (κ2) is 2.64. The molecule has 0 saturated heterocycles. The summed E-state index contributed by atoms with van der Waals surface area (Å²) in [5.41, 5.74) is 0. The van der Waals surface area contributed by atoms with E-state index in [1.165, 1.54) is 4.90 Å². The fourth-order valence-electron chi connectivity index (χ4n) is 0.516. The van der Waals surface area contributed by atoms with Gasteiger partial charge in [0.05, 0.1) is 0 Å². The molecular weight excluding hydrogens is 118 g/mol. The number of rotatable bonds is 2. The van der Waals surface area contributed by atoms with Crippen LogP contribution in [0.3, 0.4) is 0 Å². The smallest absolute Gasteiger partial charge is 0.226 e. The molecule has 0 aromatic carbocycles. The van der Waals surface area contributed by atoms with Gasteiger partial charge < -0.3 is 10.2 Å². The quantitative estimate of drug-likeness (QED) is 0.514. The molecule has 0 amide bonds. The highest BCUT2D eigenvalue weighted by molar-refractivity contribution is 4.63. The van der Waals surface area contributed by atoms with Gasteiger partial charge in [0.25, 0.3) is 0 Å². The fraction of sp³-hybridized carbons (Fsp3) is 1.00. The Morgan fingerprint density at radius 2 is 1.56 bits per heavy atom. The van der Waals surface area contributed by atoms with Crippen LogP contribution in [0.15, 0.2) is 0 Å². The van der Waals surface area contributed by atoms with E-state index in [4.69, 9.17) is 10.2 Å². The molecule has 0 radical (unpaired) electrons. The van der Waals surface area contributed by atoms with E-state index in [-0.39, 0.29) is 5.92 Å². The standard InChI is InChI=1S/C6H15NO2/c1-5(2)6(8,9)7(3)4/h5,8-9H,1-4H3. The minimum atomic E-state index is -1.67. The largest absolute Gasteiger partial charge is 0.353 e. The van der Waals surface area contributed by atoms with E-state index in [1.54, 1.807) is 27.9 Å². The van der Waals surface area contributed by atoms with E-state index in [0.717, 1.165) is 0 Å². The first-order valence-corrected chi connectivity index (χ1v) is 3.01. The zero-order valence-corrected chi connectivity index (χ0v) is 6.42. The van der Waals surface area contributed by atoms with Crippen LogP contribution in [0, 0.1) is 5.92 Å². The molecule has 0 bridgehead atoms. The second-order valence-electron chi connectivity index (χ2n) is 2.74. The minimum absolute atomic E-state index is 0.174. The normalized spacial score (nSPS) is 13.3. The first-order chi connectivity index (χ1) is 3.89. The molecule has 0 rings (SSSR count). The first-order valence-electron chi connectivity index (χ1n) is 3.01. The van der Waals surface area contributed by atoms with Crippen LogP contribution in [0.5, 0.6) is 0 Å². The Balaban J connectivity index is 4.01. The summed E-state index contributed by atoms with van der Waals surface area (Å²) in [6, 6.07) is 0. The van der Waals surface area contributed by atoms with E-state index in [0.29, 0.717) is 0 Å². The Hall–Kier alpha value is -0.120. The Morgan fingerprint density at radius 1 is 1.22 bits per heavy atom. The van der Waals surface area contributed by atoms with Crippen LogP contribution in [-0.4, -0.2) is 35.1 Å².